The Hall–Kier alpha value is -2.18. The maximum absolute atomic E-state index is 5.68. The third-order valence-corrected chi connectivity index (χ3v) is 2.70. The van der Waals surface area contributed by atoms with Crippen molar-refractivity contribution in [2.45, 2.75) is 13.3 Å². The monoisotopic (exact) mass is 274 g/mol. The number of methoxy groups -OCH3 is 1. The van der Waals surface area contributed by atoms with Crippen LogP contribution in [0.1, 0.15) is 11.3 Å². The fraction of sp³-hybridized carbons (Fsp3) is 0.286. The van der Waals surface area contributed by atoms with Crippen molar-refractivity contribution in [1.29, 1.82) is 0 Å². The molecule has 0 aliphatic carbocycles. The predicted molar refractivity (Wildman–Crippen MR) is 76.7 cm³/mol. The molecule has 0 spiro atoms. The van der Waals surface area contributed by atoms with Gasteiger partial charge in [-0.2, -0.15) is 4.98 Å². The number of aryl methyl sites for hydroxylation is 1. The van der Waals surface area contributed by atoms with Crippen LogP contribution in [0.4, 0.5) is 5.95 Å². The highest BCUT2D eigenvalue weighted by Gasteiger charge is 2.03. The Morgan fingerprint density at radius 2 is 1.95 bits per heavy atom. The van der Waals surface area contributed by atoms with Gasteiger partial charge in [0.1, 0.15) is 5.75 Å². The van der Waals surface area contributed by atoms with Gasteiger partial charge in [-0.25, -0.2) is 10.8 Å². The van der Waals surface area contributed by atoms with Gasteiger partial charge in [0.25, 0.3) is 0 Å². The van der Waals surface area contributed by atoms with E-state index in [-0.39, 0.29) is 0 Å². The average molecular weight is 274 g/mol. The van der Waals surface area contributed by atoms with Crippen LogP contribution in [-0.2, 0) is 11.2 Å². The van der Waals surface area contributed by atoms with Crippen LogP contribution in [0.2, 0.25) is 0 Å². The van der Waals surface area contributed by atoms with Crippen molar-refractivity contribution in [3.63, 3.8) is 0 Å². The number of aromatic nitrogens is 2. The van der Waals surface area contributed by atoms with Crippen LogP contribution in [0.15, 0.2) is 30.3 Å². The summed E-state index contributed by atoms with van der Waals surface area (Å²) in [5, 5.41) is 0. The smallest absolute Gasteiger partial charge is 0.240 e. The van der Waals surface area contributed by atoms with Gasteiger partial charge in [-0.3, -0.25) is 5.43 Å². The number of nitrogens with two attached hydrogens (primary N) is 1. The lowest BCUT2D eigenvalue weighted by Gasteiger charge is -2.08. The Morgan fingerprint density at radius 3 is 2.60 bits per heavy atom. The number of nitrogens with one attached hydrogen (secondary N) is 1. The Morgan fingerprint density at radius 1 is 1.20 bits per heavy atom. The molecule has 0 aliphatic heterocycles. The maximum Gasteiger partial charge on any atom is 0.240 e. The van der Waals surface area contributed by atoms with Gasteiger partial charge < -0.3 is 9.47 Å². The van der Waals surface area contributed by atoms with E-state index < -0.39 is 0 Å². The van der Waals surface area contributed by atoms with E-state index in [1.54, 1.807) is 13.2 Å². The van der Waals surface area contributed by atoms with Crippen molar-refractivity contribution in [3.8, 4) is 11.6 Å². The molecule has 0 radical (unpaired) electrons. The van der Waals surface area contributed by atoms with Gasteiger partial charge in [-0.15, -0.1) is 0 Å². The highest BCUT2D eigenvalue weighted by atomic mass is 16.5. The predicted octanol–water partition coefficient (Wildman–Crippen LogP) is 2.05. The average Bonchev–Trinajstić information content (AvgIpc) is 2.46. The van der Waals surface area contributed by atoms with E-state index in [1.807, 2.05) is 31.2 Å². The van der Waals surface area contributed by atoms with Crippen LogP contribution in [0.3, 0.4) is 0 Å². The van der Waals surface area contributed by atoms with Crippen LogP contribution < -0.4 is 16.0 Å². The van der Waals surface area contributed by atoms with Crippen LogP contribution in [0.5, 0.6) is 11.6 Å². The largest absolute Gasteiger partial charge is 0.439 e. The summed E-state index contributed by atoms with van der Waals surface area (Å²) in [6.07, 6.45) is 0.880. The fourth-order valence-electron chi connectivity index (χ4n) is 1.72. The highest BCUT2D eigenvalue weighted by molar-refractivity contribution is 5.34. The van der Waals surface area contributed by atoms with E-state index in [4.69, 9.17) is 15.3 Å². The quantitative estimate of drug-likeness (QED) is 0.619. The van der Waals surface area contributed by atoms with Crippen molar-refractivity contribution in [1.82, 2.24) is 9.97 Å². The molecule has 0 fully saturated rings. The van der Waals surface area contributed by atoms with E-state index in [9.17, 15) is 0 Å². The number of hydrogen-bond donors (Lipinski definition) is 2. The normalized spacial score (nSPS) is 10.3. The highest BCUT2D eigenvalue weighted by Crippen LogP contribution is 2.21. The second-order valence-electron chi connectivity index (χ2n) is 4.30. The number of hydrazine groups is 1. The molecule has 0 aliphatic rings. The zero-order valence-corrected chi connectivity index (χ0v) is 11.6. The third-order valence-electron chi connectivity index (χ3n) is 2.70. The summed E-state index contributed by atoms with van der Waals surface area (Å²) >= 11 is 0. The molecule has 0 saturated carbocycles. The van der Waals surface area contributed by atoms with Crippen molar-refractivity contribution < 1.29 is 9.47 Å². The number of anilines is 1. The number of nitrogens with zero attached hydrogens (tertiary/aromatic N) is 2. The van der Waals surface area contributed by atoms with Crippen molar-refractivity contribution >= 4 is 5.95 Å². The van der Waals surface area contributed by atoms with Crippen molar-refractivity contribution in [2.75, 3.05) is 19.1 Å². The summed E-state index contributed by atoms with van der Waals surface area (Å²) in [6.45, 7) is 2.56. The van der Waals surface area contributed by atoms with Crippen LogP contribution >= 0.6 is 0 Å². The Kier molecular flexibility index (Phi) is 4.86. The first-order valence-corrected chi connectivity index (χ1v) is 6.29. The molecule has 1 aromatic carbocycles. The minimum Gasteiger partial charge on any atom is -0.439 e. The van der Waals surface area contributed by atoms with Gasteiger partial charge in [0.2, 0.25) is 11.8 Å². The second kappa shape index (κ2) is 6.83. The van der Waals surface area contributed by atoms with Gasteiger partial charge in [-0.05, 0) is 31.0 Å². The Balaban J connectivity index is 2.07. The topological polar surface area (TPSA) is 82.3 Å². The molecule has 0 saturated heterocycles. The van der Waals surface area contributed by atoms with E-state index in [0.29, 0.717) is 24.2 Å². The van der Waals surface area contributed by atoms with E-state index in [1.165, 1.54) is 5.56 Å². The molecule has 106 valence electrons. The summed E-state index contributed by atoms with van der Waals surface area (Å²) in [7, 11) is 1.69. The minimum atomic E-state index is 0.330. The molecule has 0 amide bonds. The van der Waals surface area contributed by atoms with Crippen LogP contribution in [-0.4, -0.2) is 23.7 Å². The molecular weight excluding hydrogens is 256 g/mol. The number of nitrogen functional groups attached to an aromatic ring is 1. The van der Waals surface area contributed by atoms with Crippen molar-refractivity contribution in [2.24, 2.45) is 5.84 Å². The van der Waals surface area contributed by atoms with Crippen LogP contribution in [0, 0.1) is 6.92 Å². The van der Waals surface area contributed by atoms with Gasteiger partial charge in [-0.1, -0.05) is 12.1 Å². The first kappa shape index (κ1) is 14.2. The summed E-state index contributed by atoms with van der Waals surface area (Å²) in [6, 6.07) is 9.56. The lowest BCUT2D eigenvalue weighted by Crippen LogP contribution is -2.11. The zero-order chi connectivity index (χ0) is 14.4. The van der Waals surface area contributed by atoms with Gasteiger partial charge in [0.15, 0.2) is 0 Å². The molecule has 0 unspecified atom stereocenters. The molecule has 20 heavy (non-hydrogen) atoms. The molecule has 2 rings (SSSR count). The molecule has 1 heterocycles. The summed E-state index contributed by atoms with van der Waals surface area (Å²) in [5.74, 6) is 6.80. The Bertz CT molecular complexity index is 558. The van der Waals surface area contributed by atoms with Gasteiger partial charge in [0, 0.05) is 18.9 Å². The van der Waals surface area contributed by atoms with E-state index in [0.717, 1.165) is 12.1 Å². The second-order valence-corrected chi connectivity index (χ2v) is 4.30. The molecule has 3 N–H and O–H groups in total. The number of hydrogen-bond acceptors (Lipinski definition) is 6. The van der Waals surface area contributed by atoms with E-state index in [2.05, 4.69) is 15.4 Å². The first-order valence-electron chi connectivity index (χ1n) is 6.29. The summed E-state index contributed by atoms with van der Waals surface area (Å²) in [4.78, 5) is 8.23. The molecule has 6 nitrogen and oxygen atoms in total. The Labute approximate surface area is 117 Å². The minimum absolute atomic E-state index is 0.330. The van der Waals surface area contributed by atoms with E-state index >= 15 is 0 Å². The zero-order valence-electron chi connectivity index (χ0n) is 11.6. The van der Waals surface area contributed by atoms with Gasteiger partial charge in [0.05, 0.1) is 6.61 Å². The van der Waals surface area contributed by atoms with Gasteiger partial charge >= 0.3 is 0 Å². The lowest BCUT2D eigenvalue weighted by molar-refractivity contribution is 0.202. The van der Waals surface area contributed by atoms with Crippen LogP contribution in [0.25, 0.3) is 0 Å². The molecule has 1 aromatic heterocycles. The number of ether oxygens (including phenoxy) is 2. The maximum atomic E-state index is 5.68. The first-order chi connectivity index (χ1) is 9.71. The lowest BCUT2D eigenvalue weighted by atomic mass is 10.1. The summed E-state index contributed by atoms with van der Waals surface area (Å²) < 4.78 is 10.7. The molecular formula is C14H18N4O2. The molecule has 0 bridgehead atoms. The molecule has 0 atom stereocenters. The standard InChI is InChI=1S/C14H18N4O2/c1-10-9-13(17-14(16-10)18-15)20-12-5-3-11(4-6-12)7-8-19-2/h3-6,9H,7-8,15H2,1-2H3,(H,16,17,18). The molecule has 2 aromatic rings. The SMILES string of the molecule is COCCc1ccc(Oc2cc(C)nc(NN)n2)cc1. The van der Waals surface area contributed by atoms with Crippen molar-refractivity contribution in [3.05, 3.63) is 41.6 Å². The third kappa shape index (κ3) is 3.91. The fourth-order valence-corrected chi connectivity index (χ4v) is 1.72. The number of rotatable bonds is 6. The molecule has 6 heteroatoms. The summed E-state index contributed by atoms with van der Waals surface area (Å²) in [5.41, 5.74) is 4.38. The number of benzene rings is 1.